The number of hydrogen-bond donors (Lipinski definition) is 0. The molecule has 3 rings (SSSR count). The van der Waals surface area contributed by atoms with E-state index in [-0.39, 0.29) is 17.0 Å². The van der Waals surface area contributed by atoms with E-state index in [4.69, 9.17) is 23.2 Å². The highest BCUT2D eigenvalue weighted by molar-refractivity contribution is 6.35. The Morgan fingerprint density at radius 1 is 1.18 bits per heavy atom. The van der Waals surface area contributed by atoms with Crippen LogP contribution in [-0.4, -0.2) is 39.2 Å². The SMILES string of the molecule is CN(C)C1(c2nnnn2C(/C=C/c2ccc(Cl)cc2Cl)C(C)(C)C)CCCC1. The summed E-state index contributed by atoms with van der Waals surface area (Å²) in [6.07, 6.45) is 8.72. The number of halogens is 2. The number of aromatic nitrogens is 4. The van der Waals surface area contributed by atoms with Crippen molar-refractivity contribution in [1.82, 2.24) is 25.1 Å². The van der Waals surface area contributed by atoms with Crippen molar-refractivity contribution in [2.75, 3.05) is 14.1 Å². The molecule has 0 spiro atoms. The number of benzene rings is 1. The molecule has 1 fully saturated rings. The Morgan fingerprint density at radius 2 is 1.86 bits per heavy atom. The molecule has 1 saturated carbocycles. The van der Waals surface area contributed by atoms with E-state index in [0.717, 1.165) is 24.2 Å². The molecule has 0 N–H and O–H groups in total. The molecule has 1 unspecified atom stereocenters. The second kappa shape index (κ2) is 8.13. The van der Waals surface area contributed by atoms with Crippen molar-refractivity contribution in [2.24, 2.45) is 5.41 Å². The fourth-order valence-corrected chi connectivity index (χ4v) is 4.56. The number of rotatable bonds is 5. The van der Waals surface area contributed by atoms with Gasteiger partial charge in [0.05, 0.1) is 11.6 Å². The first-order valence-electron chi connectivity index (χ1n) is 9.74. The first kappa shape index (κ1) is 21.3. The third kappa shape index (κ3) is 4.12. The van der Waals surface area contributed by atoms with Crippen LogP contribution in [0.2, 0.25) is 10.0 Å². The summed E-state index contributed by atoms with van der Waals surface area (Å²) in [5.41, 5.74) is 0.739. The largest absolute Gasteiger partial charge is 0.297 e. The van der Waals surface area contributed by atoms with E-state index < -0.39 is 0 Å². The smallest absolute Gasteiger partial charge is 0.172 e. The van der Waals surface area contributed by atoms with Gasteiger partial charge in [-0.1, -0.05) is 75.0 Å². The summed E-state index contributed by atoms with van der Waals surface area (Å²) < 4.78 is 2.01. The van der Waals surface area contributed by atoms with Gasteiger partial charge >= 0.3 is 0 Å². The maximum absolute atomic E-state index is 6.36. The molecule has 2 aromatic rings. The molecule has 7 heteroatoms. The summed E-state index contributed by atoms with van der Waals surface area (Å²) in [6.45, 7) is 6.61. The van der Waals surface area contributed by atoms with Gasteiger partial charge in [-0.3, -0.25) is 4.90 Å². The van der Waals surface area contributed by atoms with Gasteiger partial charge in [-0.05, 0) is 60.5 Å². The van der Waals surface area contributed by atoms with E-state index in [9.17, 15) is 0 Å². The van der Waals surface area contributed by atoms with E-state index >= 15 is 0 Å². The van der Waals surface area contributed by atoms with Crippen LogP contribution < -0.4 is 0 Å². The molecule has 1 aliphatic rings. The standard InChI is InChI=1S/C21H29Cl2N5/c1-20(2,3)18(11-9-15-8-10-16(22)14-17(15)23)28-19(24-25-26-28)21(27(4)5)12-6-7-13-21/h8-11,14,18H,6-7,12-13H2,1-5H3/b11-9+. The Hall–Kier alpha value is -1.43. The number of allylic oxidation sites excluding steroid dienone is 1. The summed E-state index contributed by atoms with van der Waals surface area (Å²) in [5, 5.41) is 14.3. The minimum Gasteiger partial charge on any atom is -0.297 e. The third-order valence-corrected chi connectivity index (χ3v) is 6.33. The monoisotopic (exact) mass is 421 g/mol. The van der Waals surface area contributed by atoms with E-state index in [0.29, 0.717) is 10.0 Å². The molecule has 1 heterocycles. The van der Waals surface area contributed by atoms with Crippen LogP contribution in [0.4, 0.5) is 0 Å². The van der Waals surface area contributed by atoms with Crippen LogP contribution >= 0.6 is 23.2 Å². The van der Waals surface area contributed by atoms with E-state index in [2.05, 4.69) is 61.4 Å². The minimum atomic E-state index is -0.112. The predicted molar refractivity (Wildman–Crippen MR) is 116 cm³/mol. The van der Waals surface area contributed by atoms with Crippen LogP contribution in [0.25, 0.3) is 6.08 Å². The molecule has 0 amide bonds. The maximum Gasteiger partial charge on any atom is 0.172 e. The van der Waals surface area contributed by atoms with Crippen molar-refractivity contribution >= 4 is 29.3 Å². The highest BCUT2D eigenvalue weighted by Gasteiger charge is 2.44. The van der Waals surface area contributed by atoms with Gasteiger partial charge < -0.3 is 0 Å². The average molecular weight is 422 g/mol. The summed E-state index contributed by atoms with van der Waals surface area (Å²) in [5.74, 6) is 0.946. The molecule has 28 heavy (non-hydrogen) atoms. The molecule has 5 nitrogen and oxygen atoms in total. The topological polar surface area (TPSA) is 46.8 Å². The first-order valence-corrected chi connectivity index (χ1v) is 10.5. The Kier molecular flexibility index (Phi) is 6.18. The van der Waals surface area contributed by atoms with Crippen LogP contribution in [0, 0.1) is 5.41 Å². The molecule has 0 radical (unpaired) electrons. The predicted octanol–water partition coefficient (Wildman–Crippen LogP) is 5.61. The fourth-order valence-electron chi connectivity index (χ4n) is 4.09. The zero-order valence-electron chi connectivity index (χ0n) is 17.3. The molecular weight excluding hydrogens is 393 g/mol. The number of nitrogens with zero attached hydrogens (tertiary/aromatic N) is 5. The Labute approximate surface area is 177 Å². The lowest BCUT2D eigenvalue weighted by Crippen LogP contribution is -2.42. The maximum atomic E-state index is 6.36. The van der Waals surface area contributed by atoms with Crippen LogP contribution in [0.3, 0.4) is 0 Å². The van der Waals surface area contributed by atoms with Crippen LogP contribution in [0.5, 0.6) is 0 Å². The van der Waals surface area contributed by atoms with Crippen molar-refractivity contribution in [3.63, 3.8) is 0 Å². The lowest BCUT2D eigenvalue weighted by Gasteiger charge is -2.37. The van der Waals surface area contributed by atoms with Crippen molar-refractivity contribution < 1.29 is 0 Å². The number of hydrogen-bond acceptors (Lipinski definition) is 4. The van der Waals surface area contributed by atoms with Crippen molar-refractivity contribution in [2.45, 2.75) is 58.0 Å². The molecular formula is C21H29Cl2N5. The van der Waals surface area contributed by atoms with E-state index in [1.54, 1.807) is 6.07 Å². The van der Waals surface area contributed by atoms with E-state index in [1.165, 1.54) is 12.8 Å². The van der Waals surface area contributed by atoms with Gasteiger partial charge in [0.1, 0.15) is 0 Å². The van der Waals surface area contributed by atoms with Gasteiger partial charge in [0.15, 0.2) is 5.82 Å². The Balaban J connectivity index is 2.03. The molecule has 0 bridgehead atoms. The summed E-state index contributed by atoms with van der Waals surface area (Å²) in [4.78, 5) is 2.28. The fraction of sp³-hybridized carbons (Fsp3) is 0.571. The van der Waals surface area contributed by atoms with Gasteiger partial charge in [0.2, 0.25) is 0 Å². The van der Waals surface area contributed by atoms with Gasteiger partial charge in [0, 0.05) is 10.0 Å². The van der Waals surface area contributed by atoms with Crippen molar-refractivity contribution in [3.8, 4) is 0 Å². The molecule has 0 saturated heterocycles. The Morgan fingerprint density at radius 3 is 2.43 bits per heavy atom. The van der Waals surface area contributed by atoms with Gasteiger partial charge in [-0.15, -0.1) is 5.10 Å². The minimum absolute atomic E-state index is 0.0123. The molecule has 152 valence electrons. The zero-order chi connectivity index (χ0) is 20.5. The molecule has 0 aliphatic heterocycles. The molecule has 1 aromatic carbocycles. The lowest BCUT2D eigenvalue weighted by molar-refractivity contribution is 0.130. The highest BCUT2D eigenvalue weighted by Crippen LogP contribution is 2.43. The van der Waals surface area contributed by atoms with Gasteiger partial charge in [-0.25, -0.2) is 4.68 Å². The zero-order valence-corrected chi connectivity index (χ0v) is 18.8. The molecule has 1 aliphatic carbocycles. The molecule has 1 atom stereocenters. The summed E-state index contributed by atoms with van der Waals surface area (Å²) in [7, 11) is 4.25. The number of tetrazole rings is 1. The third-order valence-electron chi connectivity index (χ3n) is 5.77. The quantitative estimate of drug-likeness (QED) is 0.628. The highest BCUT2D eigenvalue weighted by atomic mass is 35.5. The van der Waals surface area contributed by atoms with E-state index in [1.807, 2.05) is 22.9 Å². The first-order chi connectivity index (χ1) is 13.1. The van der Waals surface area contributed by atoms with Crippen LogP contribution in [0.15, 0.2) is 24.3 Å². The summed E-state index contributed by atoms with van der Waals surface area (Å²) in [6, 6.07) is 5.53. The molecule has 1 aromatic heterocycles. The van der Waals surface area contributed by atoms with Crippen molar-refractivity contribution in [1.29, 1.82) is 0 Å². The van der Waals surface area contributed by atoms with Gasteiger partial charge in [0.25, 0.3) is 0 Å². The van der Waals surface area contributed by atoms with Crippen LogP contribution in [0.1, 0.15) is 63.9 Å². The van der Waals surface area contributed by atoms with Crippen LogP contribution in [-0.2, 0) is 5.54 Å². The second-order valence-corrected chi connectivity index (χ2v) is 9.76. The summed E-state index contributed by atoms with van der Waals surface area (Å²) >= 11 is 12.4. The normalized spacial score (nSPS) is 18.3. The average Bonchev–Trinajstić information content (AvgIpc) is 3.25. The second-order valence-electron chi connectivity index (χ2n) is 8.92. The lowest BCUT2D eigenvalue weighted by atomic mass is 9.85. The van der Waals surface area contributed by atoms with Gasteiger partial charge in [-0.2, -0.15) is 0 Å². The Bertz CT molecular complexity index is 845. The van der Waals surface area contributed by atoms with Crippen molar-refractivity contribution in [3.05, 3.63) is 45.7 Å².